The summed E-state index contributed by atoms with van der Waals surface area (Å²) in [5, 5.41) is 13.3. The van der Waals surface area contributed by atoms with Crippen LogP contribution in [-0.4, -0.2) is 20.8 Å². The molecule has 82 valence electrons. The fourth-order valence-electron chi connectivity index (χ4n) is 1.46. The van der Waals surface area contributed by atoms with Gasteiger partial charge < -0.3 is 10.3 Å². The van der Waals surface area contributed by atoms with Crippen LogP contribution in [0.25, 0.3) is 11.0 Å². The number of nitrogens with zero attached hydrogens (tertiary/aromatic N) is 2. The number of H-pyrrole nitrogens is 1. The summed E-state index contributed by atoms with van der Waals surface area (Å²) in [6, 6.07) is 2.79. The van der Waals surface area contributed by atoms with Gasteiger partial charge in [-0.15, -0.1) is 0 Å². The van der Waals surface area contributed by atoms with Crippen LogP contribution in [0, 0.1) is 10.1 Å². The third-order valence-electron chi connectivity index (χ3n) is 2.07. The molecule has 0 bridgehead atoms. The van der Waals surface area contributed by atoms with E-state index in [2.05, 4.69) is 15.3 Å². The minimum atomic E-state index is -0.513. The largest absolute Gasteiger partial charge is 0.343 e. The Morgan fingerprint density at radius 2 is 2.31 bits per heavy atom. The Bertz CT molecular complexity index is 575. The Balaban J connectivity index is 2.63. The average molecular weight is 220 g/mol. The zero-order chi connectivity index (χ0) is 11.7. The normalized spacial score (nSPS) is 10.3. The molecule has 16 heavy (non-hydrogen) atoms. The lowest BCUT2D eigenvalue weighted by molar-refractivity contribution is -0.383. The van der Waals surface area contributed by atoms with E-state index in [1.807, 2.05) is 0 Å². The van der Waals surface area contributed by atoms with Gasteiger partial charge in [-0.3, -0.25) is 14.9 Å². The van der Waals surface area contributed by atoms with Crippen molar-refractivity contribution in [2.45, 2.75) is 6.92 Å². The van der Waals surface area contributed by atoms with Crippen LogP contribution in [0.3, 0.4) is 0 Å². The molecule has 0 spiro atoms. The summed E-state index contributed by atoms with van der Waals surface area (Å²) in [6.45, 7) is 1.36. The molecule has 0 aliphatic heterocycles. The van der Waals surface area contributed by atoms with E-state index in [-0.39, 0.29) is 17.1 Å². The van der Waals surface area contributed by atoms with Crippen molar-refractivity contribution >= 4 is 28.3 Å². The number of rotatable bonds is 2. The van der Waals surface area contributed by atoms with Crippen LogP contribution in [0.5, 0.6) is 0 Å². The Labute approximate surface area is 89.6 Å². The Kier molecular flexibility index (Phi) is 2.28. The molecule has 2 aromatic rings. The van der Waals surface area contributed by atoms with Crippen molar-refractivity contribution in [2.24, 2.45) is 0 Å². The van der Waals surface area contributed by atoms with Gasteiger partial charge in [-0.25, -0.2) is 4.98 Å². The summed E-state index contributed by atoms with van der Waals surface area (Å²) in [5.74, 6) is -0.246. The molecule has 2 rings (SSSR count). The van der Waals surface area contributed by atoms with Gasteiger partial charge in [0.25, 0.3) is 5.69 Å². The molecule has 7 heteroatoms. The maximum absolute atomic E-state index is 10.9. The van der Waals surface area contributed by atoms with Crippen LogP contribution < -0.4 is 5.32 Å². The van der Waals surface area contributed by atoms with Gasteiger partial charge in [-0.2, -0.15) is 0 Å². The van der Waals surface area contributed by atoms with E-state index < -0.39 is 4.92 Å². The third kappa shape index (κ3) is 1.58. The summed E-state index contributed by atoms with van der Waals surface area (Å²) in [5.41, 5.74) is 1.07. The second-order valence-electron chi connectivity index (χ2n) is 3.20. The molecule has 1 heterocycles. The quantitative estimate of drug-likeness (QED) is 0.590. The minimum Gasteiger partial charge on any atom is -0.343 e. The maximum atomic E-state index is 10.9. The van der Waals surface area contributed by atoms with Gasteiger partial charge in [-0.1, -0.05) is 0 Å². The smallest absolute Gasteiger partial charge is 0.297 e. The van der Waals surface area contributed by atoms with E-state index in [0.29, 0.717) is 11.2 Å². The Morgan fingerprint density at radius 1 is 1.56 bits per heavy atom. The predicted molar refractivity (Wildman–Crippen MR) is 57.1 cm³/mol. The topological polar surface area (TPSA) is 101 Å². The Hall–Kier alpha value is -2.44. The molecule has 0 unspecified atom stereocenters. The number of benzene rings is 1. The summed E-state index contributed by atoms with van der Waals surface area (Å²) in [4.78, 5) is 27.7. The molecule has 0 atom stereocenters. The van der Waals surface area contributed by atoms with Crippen molar-refractivity contribution < 1.29 is 9.72 Å². The number of nitro benzene ring substituents is 1. The maximum Gasteiger partial charge on any atom is 0.297 e. The molecular weight excluding hydrogens is 212 g/mol. The van der Waals surface area contributed by atoms with E-state index in [9.17, 15) is 14.9 Å². The van der Waals surface area contributed by atoms with E-state index in [0.717, 1.165) is 0 Å². The molecule has 0 saturated heterocycles. The second kappa shape index (κ2) is 3.61. The van der Waals surface area contributed by atoms with Crippen molar-refractivity contribution in [3.63, 3.8) is 0 Å². The Morgan fingerprint density at radius 3 is 2.94 bits per heavy atom. The van der Waals surface area contributed by atoms with E-state index in [4.69, 9.17) is 0 Å². The van der Waals surface area contributed by atoms with E-state index >= 15 is 0 Å². The monoisotopic (exact) mass is 220 g/mol. The number of carbonyl (C=O) groups excluding carboxylic acids is 1. The number of nitro groups is 1. The highest BCUT2D eigenvalue weighted by Gasteiger charge is 2.16. The minimum absolute atomic E-state index is 0.0923. The molecule has 1 amide bonds. The third-order valence-corrected chi connectivity index (χ3v) is 2.07. The van der Waals surface area contributed by atoms with E-state index in [1.54, 1.807) is 0 Å². The first-order valence-corrected chi connectivity index (χ1v) is 4.47. The molecule has 0 aliphatic carbocycles. The van der Waals surface area contributed by atoms with Gasteiger partial charge in [0.1, 0.15) is 0 Å². The zero-order valence-electron chi connectivity index (χ0n) is 8.35. The lowest BCUT2D eigenvalue weighted by Gasteiger charge is -2.02. The molecule has 0 radical (unpaired) electrons. The number of anilines is 1. The summed E-state index contributed by atoms with van der Waals surface area (Å²) >= 11 is 0. The SMILES string of the molecule is CC(=O)Nc1ccc([N+](=O)[O-])c2nc[nH]c12. The predicted octanol–water partition coefficient (Wildman–Crippen LogP) is 1.43. The first-order valence-electron chi connectivity index (χ1n) is 4.47. The highest BCUT2D eigenvalue weighted by Crippen LogP contribution is 2.28. The lowest BCUT2D eigenvalue weighted by atomic mass is 10.2. The van der Waals surface area contributed by atoms with Crippen LogP contribution in [-0.2, 0) is 4.79 Å². The van der Waals surface area contributed by atoms with Crippen molar-refractivity contribution in [1.82, 2.24) is 9.97 Å². The molecule has 1 aromatic carbocycles. The summed E-state index contributed by atoms with van der Waals surface area (Å²) < 4.78 is 0. The van der Waals surface area contributed by atoms with Crippen molar-refractivity contribution in [2.75, 3.05) is 5.32 Å². The van der Waals surface area contributed by atoms with Gasteiger partial charge >= 0.3 is 0 Å². The average Bonchev–Trinajstić information content (AvgIpc) is 2.65. The number of aromatic nitrogens is 2. The van der Waals surface area contributed by atoms with Gasteiger partial charge in [0, 0.05) is 13.0 Å². The van der Waals surface area contributed by atoms with Crippen LogP contribution >= 0.6 is 0 Å². The number of aromatic amines is 1. The summed E-state index contributed by atoms with van der Waals surface area (Å²) in [6.07, 6.45) is 1.35. The molecule has 0 aliphatic rings. The number of amides is 1. The molecule has 2 N–H and O–H groups in total. The second-order valence-corrected chi connectivity index (χ2v) is 3.20. The first kappa shape index (κ1) is 10.1. The molecule has 0 saturated carbocycles. The van der Waals surface area contributed by atoms with Crippen LogP contribution in [0.4, 0.5) is 11.4 Å². The van der Waals surface area contributed by atoms with Gasteiger partial charge in [0.15, 0.2) is 5.52 Å². The number of imidazole rings is 1. The van der Waals surface area contributed by atoms with Crippen LogP contribution in [0.1, 0.15) is 6.92 Å². The number of non-ortho nitro benzene ring substituents is 1. The molecule has 1 aromatic heterocycles. The van der Waals surface area contributed by atoms with Crippen molar-refractivity contribution in [1.29, 1.82) is 0 Å². The lowest BCUT2D eigenvalue weighted by Crippen LogP contribution is -2.06. The number of carbonyl (C=O) groups is 1. The molecule has 0 fully saturated rings. The number of hydrogen-bond acceptors (Lipinski definition) is 4. The fourth-order valence-corrected chi connectivity index (χ4v) is 1.46. The van der Waals surface area contributed by atoms with Gasteiger partial charge in [0.2, 0.25) is 5.91 Å². The molecule has 7 nitrogen and oxygen atoms in total. The molecular formula is C9H8N4O3. The van der Waals surface area contributed by atoms with Crippen molar-refractivity contribution in [3.05, 3.63) is 28.6 Å². The van der Waals surface area contributed by atoms with Crippen LogP contribution in [0.15, 0.2) is 18.5 Å². The number of nitrogens with one attached hydrogen (secondary N) is 2. The van der Waals surface area contributed by atoms with Gasteiger partial charge in [-0.05, 0) is 6.07 Å². The highest BCUT2D eigenvalue weighted by molar-refractivity contribution is 6.01. The van der Waals surface area contributed by atoms with Gasteiger partial charge in [0.05, 0.1) is 22.5 Å². The van der Waals surface area contributed by atoms with E-state index in [1.165, 1.54) is 25.4 Å². The standard InChI is InChI=1S/C9H8N4O3/c1-5(14)12-6-2-3-7(13(15)16)9-8(6)10-4-11-9/h2-4H,1H3,(H,10,11)(H,12,14). The summed E-state index contributed by atoms with van der Waals surface area (Å²) in [7, 11) is 0. The number of hydrogen-bond donors (Lipinski definition) is 2. The first-order chi connectivity index (χ1) is 7.59. The zero-order valence-corrected chi connectivity index (χ0v) is 8.35. The number of fused-ring (bicyclic) bond motifs is 1. The van der Waals surface area contributed by atoms with Crippen molar-refractivity contribution in [3.8, 4) is 0 Å². The van der Waals surface area contributed by atoms with Crippen LogP contribution in [0.2, 0.25) is 0 Å². The fraction of sp³-hybridized carbons (Fsp3) is 0.111. The highest BCUT2D eigenvalue weighted by atomic mass is 16.6.